The van der Waals surface area contributed by atoms with Gasteiger partial charge in [-0.05, 0) is 37.6 Å². The second-order valence-corrected chi connectivity index (χ2v) is 4.66. The maximum Gasteiger partial charge on any atom is 0.134 e. The van der Waals surface area contributed by atoms with Crippen LogP contribution in [0.3, 0.4) is 0 Å². The highest BCUT2D eigenvalue weighted by molar-refractivity contribution is 6.31. The molecule has 0 radical (unpaired) electrons. The quantitative estimate of drug-likeness (QED) is 0.907. The van der Waals surface area contributed by atoms with E-state index in [2.05, 4.69) is 0 Å². The molecule has 0 aliphatic heterocycles. The molecule has 0 amide bonds. The van der Waals surface area contributed by atoms with Crippen LogP contribution in [0.15, 0.2) is 28.7 Å². The van der Waals surface area contributed by atoms with Gasteiger partial charge in [-0.2, -0.15) is 0 Å². The number of methoxy groups -OCH3 is 1. The van der Waals surface area contributed by atoms with Crippen molar-refractivity contribution in [2.24, 2.45) is 5.73 Å². The van der Waals surface area contributed by atoms with Gasteiger partial charge < -0.3 is 14.9 Å². The average Bonchev–Trinajstić information content (AvgIpc) is 2.71. The third-order valence-corrected chi connectivity index (χ3v) is 3.09. The van der Waals surface area contributed by atoms with Gasteiger partial charge in [-0.3, -0.25) is 0 Å². The second kappa shape index (κ2) is 5.08. The summed E-state index contributed by atoms with van der Waals surface area (Å²) >= 11 is 5.92. The standard InChI is InChI=1S/C13H16ClNO2/c1-8(16-2)5-11(15)13-7-9-6-10(14)3-4-12(9)17-13/h3-4,6-8,11H,5,15H2,1-2H3. The van der Waals surface area contributed by atoms with E-state index in [-0.39, 0.29) is 12.1 Å². The minimum atomic E-state index is -0.156. The number of fused-ring (bicyclic) bond motifs is 1. The lowest BCUT2D eigenvalue weighted by molar-refractivity contribution is 0.102. The number of hydrogen-bond acceptors (Lipinski definition) is 3. The molecule has 2 N–H and O–H groups in total. The van der Waals surface area contributed by atoms with Crippen molar-refractivity contribution in [1.29, 1.82) is 0 Å². The number of halogens is 1. The number of ether oxygens (including phenoxy) is 1. The number of benzene rings is 1. The third kappa shape index (κ3) is 2.80. The van der Waals surface area contributed by atoms with Crippen molar-refractivity contribution < 1.29 is 9.15 Å². The first kappa shape index (κ1) is 12.4. The van der Waals surface area contributed by atoms with E-state index in [9.17, 15) is 0 Å². The van der Waals surface area contributed by atoms with Gasteiger partial charge in [0.25, 0.3) is 0 Å². The molecule has 0 bridgehead atoms. The van der Waals surface area contributed by atoms with Crippen LogP contribution in [-0.4, -0.2) is 13.2 Å². The summed E-state index contributed by atoms with van der Waals surface area (Å²) < 4.78 is 10.9. The number of hydrogen-bond donors (Lipinski definition) is 1. The van der Waals surface area contributed by atoms with Crippen LogP contribution in [-0.2, 0) is 4.74 Å². The predicted molar refractivity (Wildman–Crippen MR) is 69.2 cm³/mol. The van der Waals surface area contributed by atoms with Crippen LogP contribution in [0.2, 0.25) is 5.02 Å². The van der Waals surface area contributed by atoms with Gasteiger partial charge in [-0.15, -0.1) is 0 Å². The lowest BCUT2D eigenvalue weighted by Gasteiger charge is -2.13. The molecule has 1 heterocycles. The first-order valence-electron chi connectivity index (χ1n) is 5.57. The van der Waals surface area contributed by atoms with Gasteiger partial charge in [-0.25, -0.2) is 0 Å². The van der Waals surface area contributed by atoms with Crippen molar-refractivity contribution in [3.8, 4) is 0 Å². The van der Waals surface area contributed by atoms with E-state index >= 15 is 0 Å². The number of nitrogens with two attached hydrogens (primary N) is 1. The number of rotatable bonds is 4. The van der Waals surface area contributed by atoms with E-state index in [1.807, 2.05) is 25.1 Å². The van der Waals surface area contributed by atoms with Crippen LogP contribution >= 0.6 is 11.6 Å². The van der Waals surface area contributed by atoms with Crippen molar-refractivity contribution in [1.82, 2.24) is 0 Å². The van der Waals surface area contributed by atoms with Crippen LogP contribution < -0.4 is 5.73 Å². The van der Waals surface area contributed by atoms with Crippen molar-refractivity contribution in [2.45, 2.75) is 25.5 Å². The normalized spacial score (nSPS) is 15.1. The van der Waals surface area contributed by atoms with E-state index in [1.165, 1.54) is 0 Å². The molecule has 2 aromatic rings. The molecule has 92 valence electrons. The first-order valence-corrected chi connectivity index (χ1v) is 5.95. The maximum absolute atomic E-state index is 6.07. The highest BCUT2D eigenvalue weighted by atomic mass is 35.5. The fourth-order valence-electron chi connectivity index (χ4n) is 1.79. The zero-order valence-corrected chi connectivity index (χ0v) is 10.7. The van der Waals surface area contributed by atoms with Crippen LogP contribution in [0.1, 0.15) is 25.1 Å². The fraction of sp³-hybridized carbons (Fsp3) is 0.385. The summed E-state index contributed by atoms with van der Waals surface area (Å²) in [6, 6.07) is 7.31. The molecule has 2 unspecified atom stereocenters. The lowest BCUT2D eigenvalue weighted by atomic mass is 10.1. The molecule has 0 fully saturated rings. The van der Waals surface area contributed by atoms with Gasteiger partial charge in [0.2, 0.25) is 0 Å². The zero-order chi connectivity index (χ0) is 12.4. The first-order chi connectivity index (χ1) is 8.10. The van der Waals surface area contributed by atoms with Gasteiger partial charge in [0.15, 0.2) is 0 Å². The maximum atomic E-state index is 6.07. The molecular formula is C13H16ClNO2. The van der Waals surface area contributed by atoms with Gasteiger partial charge >= 0.3 is 0 Å². The smallest absolute Gasteiger partial charge is 0.134 e. The molecule has 0 saturated carbocycles. The van der Waals surface area contributed by atoms with Gasteiger partial charge in [0, 0.05) is 17.5 Å². The molecule has 2 atom stereocenters. The van der Waals surface area contributed by atoms with Gasteiger partial charge in [0.05, 0.1) is 12.1 Å². The Morgan fingerprint density at radius 1 is 1.41 bits per heavy atom. The van der Waals surface area contributed by atoms with E-state index < -0.39 is 0 Å². The van der Waals surface area contributed by atoms with Crippen LogP contribution in [0.25, 0.3) is 11.0 Å². The molecule has 0 saturated heterocycles. The molecular weight excluding hydrogens is 238 g/mol. The van der Waals surface area contributed by atoms with E-state index in [4.69, 9.17) is 26.5 Å². The summed E-state index contributed by atoms with van der Waals surface area (Å²) in [6.45, 7) is 1.99. The van der Waals surface area contributed by atoms with Crippen molar-refractivity contribution in [3.63, 3.8) is 0 Å². The second-order valence-electron chi connectivity index (χ2n) is 4.22. The summed E-state index contributed by atoms with van der Waals surface area (Å²) in [5, 5.41) is 1.68. The summed E-state index contributed by atoms with van der Waals surface area (Å²) in [7, 11) is 1.68. The van der Waals surface area contributed by atoms with Crippen molar-refractivity contribution in [3.05, 3.63) is 35.0 Å². The average molecular weight is 254 g/mol. The number of furan rings is 1. The molecule has 2 rings (SSSR count). The Balaban J connectivity index is 2.24. The summed E-state index contributed by atoms with van der Waals surface area (Å²) in [5.74, 6) is 0.770. The molecule has 0 aliphatic carbocycles. The molecule has 1 aromatic carbocycles. The Morgan fingerprint density at radius 3 is 2.88 bits per heavy atom. The Kier molecular flexibility index (Phi) is 3.72. The van der Waals surface area contributed by atoms with E-state index in [0.717, 1.165) is 23.2 Å². The van der Waals surface area contributed by atoms with Crippen LogP contribution in [0.5, 0.6) is 0 Å². The van der Waals surface area contributed by atoms with Crippen molar-refractivity contribution >= 4 is 22.6 Å². The molecule has 3 nitrogen and oxygen atoms in total. The molecule has 4 heteroatoms. The highest BCUT2D eigenvalue weighted by Crippen LogP contribution is 2.27. The largest absolute Gasteiger partial charge is 0.459 e. The minimum Gasteiger partial charge on any atom is -0.459 e. The minimum absolute atomic E-state index is 0.113. The molecule has 1 aromatic heterocycles. The van der Waals surface area contributed by atoms with Crippen LogP contribution in [0.4, 0.5) is 0 Å². The predicted octanol–water partition coefficient (Wildman–Crippen LogP) is 3.51. The monoisotopic (exact) mass is 253 g/mol. The van der Waals surface area contributed by atoms with Crippen molar-refractivity contribution in [2.75, 3.05) is 7.11 Å². The zero-order valence-electron chi connectivity index (χ0n) is 9.94. The van der Waals surface area contributed by atoms with Gasteiger partial charge in [0.1, 0.15) is 11.3 Å². The van der Waals surface area contributed by atoms with Crippen LogP contribution in [0, 0.1) is 0 Å². The Labute approximate surface area is 105 Å². The Morgan fingerprint density at radius 2 is 2.18 bits per heavy atom. The summed E-state index contributed by atoms with van der Waals surface area (Å²) in [4.78, 5) is 0. The molecule has 0 aliphatic rings. The van der Waals surface area contributed by atoms with E-state index in [0.29, 0.717) is 5.02 Å². The summed E-state index contributed by atoms with van der Waals surface area (Å²) in [6.07, 6.45) is 0.839. The lowest BCUT2D eigenvalue weighted by Crippen LogP contribution is -2.17. The topological polar surface area (TPSA) is 48.4 Å². The van der Waals surface area contributed by atoms with Gasteiger partial charge in [-0.1, -0.05) is 11.6 Å². The van der Waals surface area contributed by atoms with E-state index in [1.54, 1.807) is 13.2 Å². The highest BCUT2D eigenvalue weighted by Gasteiger charge is 2.15. The Bertz CT molecular complexity index is 509. The summed E-state index contributed by atoms with van der Waals surface area (Å²) in [5.41, 5.74) is 6.88. The molecule has 17 heavy (non-hydrogen) atoms. The Hall–Kier alpha value is -1.03. The molecule has 0 spiro atoms. The SMILES string of the molecule is COC(C)CC(N)c1cc2cc(Cl)ccc2o1. The fourth-order valence-corrected chi connectivity index (χ4v) is 1.97. The third-order valence-electron chi connectivity index (χ3n) is 2.85.